The number of amides is 2. The minimum Gasteiger partial charge on any atom is -0.398 e. The number of β-lactam (4-membered cyclic amide) rings is 1. The lowest BCUT2D eigenvalue weighted by Crippen LogP contribution is -2.73. The van der Waals surface area contributed by atoms with Crippen molar-refractivity contribution in [2.75, 3.05) is 23.8 Å². The number of nitrogen functional groups attached to an aromatic ring is 1. The molecule has 18 heteroatoms. The number of nitrogens with zero attached hydrogens (tertiary/aromatic N) is 3. The van der Waals surface area contributed by atoms with Gasteiger partial charge in [0.2, 0.25) is 0 Å². The largest absolute Gasteiger partial charge is 0.491 e. The molecule has 2 unspecified atom stereocenters. The van der Waals surface area contributed by atoms with Crippen LogP contribution in [-0.4, -0.2) is 75.7 Å². The van der Waals surface area contributed by atoms with Crippen LogP contribution in [0.15, 0.2) is 20.5 Å². The average molecular weight is 560 g/mol. The third-order valence-electron chi connectivity index (χ3n) is 4.28. The Labute approximate surface area is 206 Å². The summed E-state index contributed by atoms with van der Waals surface area (Å²) in [6, 6.07) is -1.98. The highest BCUT2D eigenvalue weighted by atomic mass is 35.5. The molecule has 1 saturated heterocycles. The van der Waals surface area contributed by atoms with Crippen molar-refractivity contribution in [2.24, 2.45) is 5.16 Å². The van der Waals surface area contributed by atoms with Crippen molar-refractivity contribution in [2.45, 2.75) is 18.3 Å². The standard InChI is InChI=1S/C16H13ClF3N5O6S3/c1-30-24-7(5-2-33-15(21)22-5)10(26)23-8-6-3-32-13(34-4-17)9(25(6)11(8)27)12(28)31-14(29)16(18,19)20/h2,6,8H,3-4H2,1H3,(H2,21,22)(H,23,26)/b24-7+. The predicted octanol–water partition coefficient (Wildman–Crippen LogP) is 1.25. The summed E-state index contributed by atoms with van der Waals surface area (Å²) in [5, 5.41) is 7.56. The molecule has 0 saturated carbocycles. The topological polar surface area (TPSA) is 153 Å². The average Bonchev–Trinajstić information content (AvgIpc) is 3.20. The molecule has 11 nitrogen and oxygen atoms in total. The van der Waals surface area contributed by atoms with Gasteiger partial charge >= 0.3 is 18.1 Å². The van der Waals surface area contributed by atoms with Crippen molar-refractivity contribution in [1.82, 2.24) is 15.2 Å². The molecule has 1 fully saturated rings. The fourth-order valence-electron chi connectivity index (χ4n) is 2.91. The smallest absolute Gasteiger partial charge is 0.398 e. The molecule has 0 bridgehead atoms. The summed E-state index contributed by atoms with van der Waals surface area (Å²) in [4.78, 5) is 58.5. The van der Waals surface area contributed by atoms with E-state index < -0.39 is 47.7 Å². The quantitative estimate of drug-likeness (QED) is 0.125. The number of anilines is 1. The molecule has 2 aliphatic heterocycles. The molecule has 2 aliphatic rings. The normalized spacial score (nSPS) is 20.4. The highest BCUT2D eigenvalue weighted by Gasteiger charge is 2.55. The monoisotopic (exact) mass is 559 g/mol. The van der Waals surface area contributed by atoms with Gasteiger partial charge < -0.3 is 20.6 Å². The van der Waals surface area contributed by atoms with E-state index in [1.54, 1.807) is 0 Å². The summed E-state index contributed by atoms with van der Waals surface area (Å²) in [7, 11) is 1.19. The van der Waals surface area contributed by atoms with Crippen molar-refractivity contribution in [3.63, 3.8) is 0 Å². The zero-order valence-electron chi connectivity index (χ0n) is 16.8. The minimum atomic E-state index is -5.41. The zero-order chi connectivity index (χ0) is 25.2. The number of halogens is 4. The first-order chi connectivity index (χ1) is 16.0. The Morgan fingerprint density at radius 2 is 2.15 bits per heavy atom. The molecular weight excluding hydrogens is 547 g/mol. The van der Waals surface area contributed by atoms with Gasteiger partial charge in [0.25, 0.3) is 11.8 Å². The van der Waals surface area contributed by atoms with E-state index in [0.717, 1.165) is 39.8 Å². The summed E-state index contributed by atoms with van der Waals surface area (Å²) in [5.74, 6) is -5.87. The van der Waals surface area contributed by atoms with Crippen LogP contribution < -0.4 is 11.1 Å². The molecule has 3 N–H and O–H groups in total. The SMILES string of the molecule is CO/N=C(/C(=O)NC1C(=O)N2C(C(=O)OC(=O)C(F)(F)F)=C(SCCl)SCC12)c1csc(N)n1. The molecular formula is C16H13ClF3N5O6S3. The van der Waals surface area contributed by atoms with Gasteiger partial charge in [-0.25, -0.2) is 14.6 Å². The van der Waals surface area contributed by atoms with E-state index in [1.807, 2.05) is 0 Å². The maximum absolute atomic E-state index is 12.8. The van der Waals surface area contributed by atoms with E-state index in [9.17, 15) is 32.3 Å². The van der Waals surface area contributed by atoms with Gasteiger partial charge in [0.15, 0.2) is 16.5 Å². The number of fused-ring (bicyclic) bond motifs is 1. The van der Waals surface area contributed by atoms with Crippen LogP contribution in [0.25, 0.3) is 0 Å². The lowest BCUT2D eigenvalue weighted by molar-refractivity contribution is -0.201. The Hall–Kier alpha value is -2.50. The van der Waals surface area contributed by atoms with Gasteiger partial charge in [-0.3, -0.25) is 14.5 Å². The molecule has 3 heterocycles. The summed E-state index contributed by atoms with van der Waals surface area (Å²) >= 11 is 8.58. The van der Waals surface area contributed by atoms with Gasteiger partial charge in [0.05, 0.1) is 15.5 Å². The van der Waals surface area contributed by atoms with Gasteiger partial charge in [-0.05, 0) is 0 Å². The molecule has 0 aromatic carbocycles. The summed E-state index contributed by atoms with van der Waals surface area (Å²) in [6.45, 7) is 0. The second-order valence-electron chi connectivity index (χ2n) is 6.30. The number of thiazole rings is 1. The number of thioether (sulfide) groups is 2. The number of aromatic nitrogens is 1. The lowest BCUT2D eigenvalue weighted by Gasteiger charge is -2.49. The molecule has 2 amide bonds. The first kappa shape index (κ1) is 26.1. The number of esters is 2. The van der Waals surface area contributed by atoms with Crippen LogP contribution in [0.5, 0.6) is 0 Å². The Balaban J connectivity index is 1.81. The highest BCUT2D eigenvalue weighted by molar-refractivity contribution is 8.22. The van der Waals surface area contributed by atoms with Crippen LogP contribution in [0.4, 0.5) is 18.3 Å². The van der Waals surface area contributed by atoms with Crippen LogP contribution >= 0.6 is 46.5 Å². The number of nitrogens with two attached hydrogens (primary N) is 1. The molecule has 2 atom stereocenters. The van der Waals surface area contributed by atoms with Crippen molar-refractivity contribution >= 4 is 81.1 Å². The summed E-state index contributed by atoms with van der Waals surface area (Å²) < 4.78 is 41.6. The molecule has 1 aromatic heterocycles. The number of hydrogen-bond donors (Lipinski definition) is 2. The predicted molar refractivity (Wildman–Crippen MR) is 118 cm³/mol. The van der Waals surface area contributed by atoms with Crippen molar-refractivity contribution in [1.29, 1.82) is 0 Å². The summed E-state index contributed by atoms with van der Waals surface area (Å²) in [5.41, 5.74) is 4.84. The molecule has 0 spiro atoms. The van der Waals surface area contributed by atoms with Crippen molar-refractivity contribution in [3.05, 3.63) is 21.0 Å². The maximum atomic E-state index is 12.8. The molecule has 184 valence electrons. The number of nitrogens with one attached hydrogen (secondary N) is 1. The number of rotatable bonds is 7. The number of carbonyl (C=O) groups excluding carboxylic acids is 4. The first-order valence-electron chi connectivity index (χ1n) is 8.85. The highest BCUT2D eigenvalue weighted by Crippen LogP contribution is 2.44. The van der Waals surface area contributed by atoms with E-state index in [-0.39, 0.29) is 31.7 Å². The van der Waals surface area contributed by atoms with Gasteiger partial charge in [-0.1, -0.05) is 5.16 Å². The number of ether oxygens (including phenoxy) is 1. The molecule has 0 radical (unpaired) electrons. The lowest BCUT2D eigenvalue weighted by atomic mass is 9.95. The minimum absolute atomic E-state index is 0.0905. The number of alkyl halides is 4. The fraction of sp³-hybridized carbons (Fsp3) is 0.375. The molecule has 3 rings (SSSR count). The Morgan fingerprint density at radius 1 is 1.44 bits per heavy atom. The molecule has 1 aromatic rings. The zero-order valence-corrected chi connectivity index (χ0v) is 20.0. The van der Waals surface area contributed by atoms with Gasteiger partial charge in [-0.15, -0.1) is 46.5 Å². The van der Waals surface area contributed by atoms with Crippen LogP contribution in [-0.2, 0) is 28.8 Å². The Morgan fingerprint density at radius 3 is 2.71 bits per heavy atom. The van der Waals surface area contributed by atoms with E-state index in [2.05, 4.69) is 25.0 Å². The van der Waals surface area contributed by atoms with Crippen molar-refractivity contribution in [3.8, 4) is 0 Å². The third-order valence-corrected chi connectivity index (χ3v) is 7.52. The maximum Gasteiger partial charge on any atom is 0.491 e. The van der Waals surface area contributed by atoms with Gasteiger partial charge in [-0.2, -0.15) is 13.2 Å². The van der Waals surface area contributed by atoms with Crippen molar-refractivity contribution < 1.29 is 41.9 Å². The van der Waals surface area contributed by atoms with E-state index in [4.69, 9.17) is 17.3 Å². The second-order valence-corrected chi connectivity index (χ2v) is 10.0. The van der Waals surface area contributed by atoms with Gasteiger partial charge in [0, 0.05) is 11.1 Å². The fourth-order valence-corrected chi connectivity index (χ4v) is 6.09. The number of carbonyl (C=O) groups is 4. The van der Waals surface area contributed by atoms with Crippen LogP contribution in [0.3, 0.4) is 0 Å². The summed E-state index contributed by atoms with van der Waals surface area (Å²) in [6.07, 6.45) is -5.41. The number of oxime groups is 1. The van der Waals surface area contributed by atoms with Crippen LogP contribution in [0.1, 0.15) is 5.69 Å². The second kappa shape index (κ2) is 10.4. The van der Waals surface area contributed by atoms with E-state index in [0.29, 0.717) is 0 Å². The third kappa shape index (κ3) is 5.26. The first-order valence-corrected chi connectivity index (χ1v) is 12.2. The van der Waals surface area contributed by atoms with E-state index >= 15 is 0 Å². The molecule has 0 aliphatic carbocycles. The molecule has 34 heavy (non-hydrogen) atoms. The van der Waals surface area contributed by atoms with Gasteiger partial charge in [0.1, 0.15) is 18.8 Å². The Kier molecular flexibility index (Phi) is 7.99. The Bertz CT molecular complexity index is 1090. The van der Waals surface area contributed by atoms with E-state index in [1.165, 1.54) is 12.5 Å². The van der Waals surface area contributed by atoms with Crippen LogP contribution in [0.2, 0.25) is 0 Å². The van der Waals surface area contributed by atoms with Crippen LogP contribution in [0, 0.1) is 0 Å². The number of hydrogen-bond acceptors (Lipinski definition) is 12.